The summed E-state index contributed by atoms with van der Waals surface area (Å²) in [6.45, 7) is 2.82. The Balaban J connectivity index is 1.60. The van der Waals surface area contributed by atoms with Crippen LogP contribution in [-0.4, -0.2) is 42.5 Å². The minimum Gasteiger partial charge on any atom is -0.496 e. The van der Waals surface area contributed by atoms with Gasteiger partial charge >= 0.3 is 0 Å². The quantitative estimate of drug-likeness (QED) is 0.815. The van der Waals surface area contributed by atoms with Crippen LogP contribution in [0.2, 0.25) is 0 Å². The van der Waals surface area contributed by atoms with Crippen molar-refractivity contribution in [2.45, 2.75) is 25.4 Å². The number of hydrogen-bond acceptors (Lipinski definition) is 6. The molecular formula is C16H21N3O3. The summed E-state index contributed by atoms with van der Waals surface area (Å²) in [5, 5.41) is 8.28. The molecule has 0 N–H and O–H groups in total. The Bertz CT molecular complexity index is 608. The second-order valence-electron chi connectivity index (χ2n) is 5.58. The third-order valence-electron chi connectivity index (χ3n) is 3.80. The Morgan fingerprint density at radius 3 is 2.91 bits per heavy atom. The minimum absolute atomic E-state index is 0.251. The number of aromatic nitrogens is 2. The van der Waals surface area contributed by atoms with Crippen molar-refractivity contribution in [3.8, 4) is 5.75 Å². The first kappa shape index (κ1) is 15.0. The maximum absolute atomic E-state index is 5.76. The van der Waals surface area contributed by atoms with Crippen LogP contribution >= 0.6 is 0 Å². The highest BCUT2D eigenvalue weighted by Gasteiger charge is 2.23. The first-order chi connectivity index (χ1) is 10.8. The Hall–Kier alpha value is -1.92. The van der Waals surface area contributed by atoms with Gasteiger partial charge in [0.25, 0.3) is 0 Å². The van der Waals surface area contributed by atoms with Crippen molar-refractivity contribution in [3.05, 3.63) is 41.6 Å². The van der Waals surface area contributed by atoms with Crippen molar-refractivity contribution < 1.29 is 13.9 Å². The van der Waals surface area contributed by atoms with Gasteiger partial charge in [-0.05, 0) is 19.5 Å². The fourth-order valence-electron chi connectivity index (χ4n) is 2.64. The topological polar surface area (TPSA) is 60.6 Å². The van der Waals surface area contributed by atoms with Crippen molar-refractivity contribution in [3.63, 3.8) is 0 Å². The SMILES string of the molecule is COc1ccccc1CN(C)Cc1nnc(C2CCOC2)o1. The predicted molar refractivity (Wildman–Crippen MR) is 80.6 cm³/mol. The predicted octanol–water partition coefficient (Wildman–Crippen LogP) is 2.21. The van der Waals surface area contributed by atoms with E-state index >= 15 is 0 Å². The summed E-state index contributed by atoms with van der Waals surface area (Å²) in [4.78, 5) is 2.13. The second-order valence-corrected chi connectivity index (χ2v) is 5.58. The van der Waals surface area contributed by atoms with Crippen LogP contribution in [0.25, 0.3) is 0 Å². The normalized spacial score (nSPS) is 18.0. The van der Waals surface area contributed by atoms with E-state index in [2.05, 4.69) is 21.2 Å². The Labute approximate surface area is 130 Å². The standard InChI is InChI=1S/C16H21N3O3/c1-19(9-12-5-3-4-6-14(12)20-2)10-15-17-18-16(22-15)13-7-8-21-11-13/h3-6,13H,7-11H2,1-2H3. The van der Waals surface area contributed by atoms with Crippen molar-refractivity contribution in [1.82, 2.24) is 15.1 Å². The molecule has 1 aliphatic heterocycles. The zero-order chi connectivity index (χ0) is 15.4. The van der Waals surface area contributed by atoms with Crippen LogP contribution in [0.15, 0.2) is 28.7 Å². The molecule has 0 spiro atoms. The molecule has 2 heterocycles. The summed E-state index contributed by atoms with van der Waals surface area (Å²) in [6, 6.07) is 8.01. The molecule has 1 aromatic heterocycles. The number of benzene rings is 1. The molecule has 22 heavy (non-hydrogen) atoms. The molecule has 0 bridgehead atoms. The summed E-state index contributed by atoms with van der Waals surface area (Å²) >= 11 is 0. The average Bonchev–Trinajstić information content (AvgIpc) is 3.18. The van der Waals surface area contributed by atoms with Crippen LogP contribution < -0.4 is 4.74 Å². The first-order valence-corrected chi connectivity index (χ1v) is 7.46. The number of para-hydroxylation sites is 1. The number of methoxy groups -OCH3 is 1. The Morgan fingerprint density at radius 1 is 1.27 bits per heavy atom. The monoisotopic (exact) mass is 303 g/mol. The zero-order valence-corrected chi connectivity index (χ0v) is 13.0. The van der Waals surface area contributed by atoms with E-state index in [-0.39, 0.29) is 5.92 Å². The maximum Gasteiger partial charge on any atom is 0.230 e. The molecule has 2 aromatic rings. The van der Waals surface area contributed by atoms with Gasteiger partial charge in [0.1, 0.15) is 5.75 Å². The van der Waals surface area contributed by atoms with E-state index in [0.717, 1.165) is 30.9 Å². The van der Waals surface area contributed by atoms with Gasteiger partial charge in [0.2, 0.25) is 11.8 Å². The lowest BCUT2D eigenvalue weighted by atomic mass is 10.1. The van der Waals surface area contributed by atoms with Crippen molar-refractivity contribution in [2.24, 2.45) is 0 Å². The van der Waals surface area contributed by atoms with Crippen molar-refractivity contribution >= 4 is 0 Å². The summed E-state index contributed by atoms with van der Waals surface area (Å²) in [5.41, 5.74) is 1.14. The maximum atomic E-state index is 5.76. The van der Waals surface area contributed by atoms with E-state index in [0.29, 0.717) is 24.9 Å². The smallest absolute Gasteiger partial charge is 0.230 e. The molecule has 118 valence electrons. The van der Waals surface area contributed by atoms with Gasteiger partial charge in [-0.1, -0.05) is 18.2 Å². The van der Waals surface area contributed by atoms with E-state index in [9.17, 15) is 0 Å². The van der Waals surface area contributed by atoms with Gasteiger partial charge < -0.3 is 13.9 Å². The highest BCUT2D eigenvalue weighted by molar-refractivity contribution is 5.32. The zero-order valence-electron chi connectivity index (χ0n) is 13.0. The second kappa shape index (κ2) is 6.89. The van der Waals surface area contributed by atoms with Gasteiger partial charge in [-0.25, -0.2) is 0 Å². The lowest BCUT2D eigenvalue weighted by molar-refractivity contribution is 0.190. The molecule has 0 radical (unpaired) electrons. The molecule has 3 rings (SSSR count). The van der Waals surface area contributed by atoms with Crippen LogP contribution in [0.1, 0.15) is 29.7 Å². The number of ether oxygens (including phenoxy) is 2. The van der Waals surface area contributed by atoms with Crippen LogP contribution in [0, 0.1) is 0 Å². The lowest BCUT2D eigenvalue weighted by Crippen LogP contribution is -2.17. The molecule has 1 atom stereocenters. The Morgan fingerprint density at radius 2 is 2.14 bits per heavy atom. The Kier molecular flexibility index (Phi) is 4.70. The summed E-state index contributed by atoms with van der Waals surface area (Å²) in [6.07, 6.45) is 0.957. The lowest BCUT2D eigenvalue weighted by Gasteiger charge is -2.16. The van der Waals surface area contributed by atoms with Gasteiger partial charge in [0.15, 0.2) is 0 Å². The largest absolute Gasteiger partial charge is 0.496 e. The molecule has 1 unspecified atom stereocenters. The summed E-state index contributed by atoms with van der Waals surface area (Å²) in [5.74, 6) is 2.47. The van der Waals surface area contributed by atoms with Gasteiger partial charge in [0.05, 0.1) is 26.2 Å². The van der Waals surface area contributed by atoms with Crippen molar-refractivity contribution in [2.75, 3.05) is 27.4 Å². The highest BCUT2D eigenvalue weighted by Crippen LogP contribution is 2.24. The van der Waals surface area contributed by atoms with Crippen LogP contribution in [0.3, 0.4) is 0 Å². The molecule has 1 aliphatic rings. The van der Waals surface area contributed by atoms with Crippen LogP contribution in [-0.2, 0) is 17.8 Å². The van der Waals surface area contributed by atoms with Gasteiger partial charge in [-0.2, -0.15) is 0 Å². The van der Waals surface area contributed by atoms with Crippen molar-refractivity contribution in [1.29, 1.82) is 0 Å². The van der Waals surface area contributed by atoms with E-state index in [1.165, 1.54) is 0 Å². The summed E-state index contributed by atoms with van der Waals surface area (Å²) in [7, 11) is 3.71. The van der Waals surface area contributed by atoms with E-state index in [1.807, 2.05) is 25.2 Å². The molecule has 6 nitrogen and oxygen atoms in total. The third-order valence-corrected chi connectivity index (χ3v) is 3.80. The molecule has 1 aromatic carbocycles. The van der Waals surface area contributed by atoms with Crippen LogP contribution in [0.5, 0.6) is 5.75 Å². The fourth-order valence-corrected chi connectivity index (χ4v) is 2.64. The highest BCUT2D eigenvalue weighted by atomic mass is 16.5. The average molecular weight is 303 g/mol. The molecule has 0 amide bonds. The third kappa shape index (κ3) is 3.45. The number of nitrogens with zero attached hydrogens (tertiary/aromatic N) is 3. The molecule has 6 heteroatoms. The van der Waals surface area contributed by atoms with Gasteiger partial charge in [0, 0.05) is 18.7 Å². The minimum atomic E-state index is 0.251. The molecular weight excluding hydrogens is 282 g/mol. The first-order valence-electron chi connectivity index (χ1n) is 7.46. The molecule has 1 fully saturated rings. The summed E-state index contributed by atoms with van der Waals surface area (Å²) < 4.78 is 16.5. The van der Waals surface area contributed by atoms with E-state index < -0.39 is 0 Å². The molecule has 0 saturated carbocycles. The van der Waals surface area contributed by atoms with Gasteiger partial charge in [-0.3, -0.25) is 4.90 Å². The van der Waals surface area contributed by atoms with Crippen LogP contribution in [0.4, 0.5) is 0 Å². The molecule has 0 aliphatic carbocycles. The van der Waals surface area contributed by atoms with E-state index in [1.54, 1.807) is 7.11 Å². The number of hydrogen-bond donors (Lipinski definition) is 0. The number of rotatable bonds is 6. The fraction of sp³-hybridized carbons (Fsp3) is 0.500. The molecule has 1 saturated heterocycles. The van der Waals surface area contributed by atoms with E-state index in [4.69, 9.17) is 13.9 Å². The van der Waals surface area contributed by atoms with Gasteiger partial charge in [-0.15, -0.1) is 10.2 Å².